The molecule has 1 aliphatic rings. The van der Waals surface area contributed by atoms with Gasteiger partial charge in [0.05, 0.1) is 12.4 Å². The standard InChI is InChI=1S/C12H19N5O/c1-8-4-3-5-9(2)17(8)12(18)10-6-14-7-11(15-10)16-13/h6-9H,3-5,13H2,1-2H3,(H,15,16)/t8-,9+. The van der Waals surface area contributed by atoms with Gasteiger partial charge in [-0.1, -0.05) is 0 Å². The van der Waals surface area contributed by atoms with Gasteiger partial charge in [0, 0.05) is 12.1 Å². The summed E-state index contributed by atoms with van der Waals surface area (Å²) in [5.41, 5.74) is 2.74. The molecule has 1 aliphatic heterocycles. The molecule has 1 fully saturated rings. The second kappa shape index (κ2) is 5.30. The normalized spacial score (nSPS) is 23.8. The van der Waals surface area contributed by atoms with Gasteiger partial charge in [-0.2, -0.15) is 0 Å². The molecule has 2 rings (SSSR count). The molecule has 0 saturated carbocycles. The fraction of sp³-hybridized carbons (Fsp3) is 0.583. The monoisotopic (exact) mass is 249 g/mol. The molecule has 0 radical (unpaired) electrons. The summed E-state index contributed by atoms with van der Waals surface area (Å²) in [5, 5.41) is 0. The number of likely N-dealkylation sites (tertiary alicyclic amines) is 1. The number of amides is 1. The highest BCUT2D eigenvalue weighted by molar-refractivity contribution is 5.92. The minimum atomic E-state index is -0.0701. The Morgan fingerprint density at radius 3 is 2.67 bits per heavy atom. The molecule has 0 spiro atoms. The van der Waals surface area contributed by atoms with E-state index in [1.807, 2.05) is 4.90 Å². The highest BCUT2D eigenvalue weighted by atomic mass is 16.2. The van der Waals surface area contributed by atoms with Gasteiger partial charge in [-0.15, -0.1) is 0 Å². The van der Waals surface area contributed by atoms with E-state index in [0.29, 0.717) is 11.5 Å². The number of hydrazine groups is 1. The van der Waals surface area contributed by atoms with Gasteiger partial charge in [-0.05, 0) is 33.1 Å². The molecule has 6 heteroatoms. The Morgan fingerprint density at radius 1 is 1.39 bits per heavy atom. The number of rotatable bonds is 2. The lowest BCUT2D eigenvalue weighted by Gasteiger charge is -2.38. The molecule has 0 aliphatic carbocycles. The lowest BCUT2D eigenvalue weighted by molar-refractivity contribution is 0.0504. The highest BCUT2D eigenvalue weighted by Crippen LogP contribution is 2.24. The number of nitrogens with two attached hydrogens (primary N) is 1. The van der Waals surface area contributed by atoms with E-state index in [2.05, 4.69) is 29.2 Å². The molecule has 2 heterocycles. The van der Waals surface area contributed by atoms with Crippen LogP contribution in [0.4, 0.5) is 5.82 Å². The summed E-state index contributed by atoms with van der Waals surface area (Å²) in [6.45, 7) is 4.15. The van der Waals surface area contributed by atoms with Crippen LogP contribution in [0.3, 0.4) is 0 Å². The molecule has 0 aromatic carbocycles. The number of piperidine rings is 1. The SMILES string of the molecule is C[C@@H]1CCC[C@H](C)N1C(=O)c1cncc(NN)n1. The Balaban J connectivity index is 2.23. The van der Waals surface area contributed by atoms with Crippen molar-refractivity contribution < 1.29 is 4.79 Å². The van der Waals surface area contributed by atoms with E-state index in [0.717, 1.165) is 12.8 Å². The van der Waals surface area contributed by atoms with Crippen LogP contribution in [0.5, 0.6) is 0 Å². The Morgan fingerprint density at radius 2 is 2.06 bits per heavy atom. The molecule has 18 heavy (non-hydrogen) atoms. The maximum absolute atomic E-state index is 12.4. The first kappa shape index (κ1) is 12.8. The van der Waals surface area contributed by atoms with Gasteiger partial charge in [0.1, 0.15) is 5.69 Å². The molecule has 6 nitrogen and oxygen atoms in total. The van der Waals surface area contributed by atoms with E-state index in [1.165, 1.54) is 18.8 Å². The third-order valence-electron chi connectivity index (χ3n) is 3.43. The number of hydrogen-bond acceptors (Lipinski definition) is 5. The number of nitrogens with one attached hydrogen (secondary N) is 1. The average molecular weight is 249 g/mol. The molecule has 1 aromatic heterocycles. The number of anilines is 1. The van der Waals surface area contributed by atoms with Gasteiger partial charge in [0.2, 0.25) is 0 Å². The maximum Gasteiger partial charge on any atom is 0.274 e. The van der Waals surface area contributed by atoms with Gasteiger partial charge >= 0.3 is 0 Å². The lowest BCUT2D eigenvalue weighted by Crippen LogP contribution is -2.47. The number of carbonyl (C=O) groups is 1. The molecule has 0 bridgehead atoms. The second-order valence-electron chi connectivity index (χ2n) is 4.78. The molecule has 1 saturated heterocycles. The number of nitrogen functional groups attached to an aromatic ring is 1. The molecule has 98 valence electrons. The van der Waals surface area contributed by atoms with Crippen LogP contribution >= 0.6 is 0 Å². The zero-order valence-corrected chi connectivity index (χ0v) is 10.8. The Bertz CT molecular complexity index is 426. The summed E-state index contributed by atoms with van der Waals surface area (Å²) in [5.74, 6) is 5.61. The highest BCUT2D eigenvalue weighted by Gasteiger charge is 2.30. The summed E-state index contributed by atoms with van der Waals surface area (Å²) in [7, 11) is 0. The molecule has 1 amide bonds. The summed E-state index contributed by atoms with van der Waals surface area (Å²) < 4.78 is 0. The van der Waals surface area contributed by atoms with Crippen LogP contribution in [0, 0.1) is 0 Å². The van der Waals surface area contributed by atoms with Crippen LogP contribution in [-0.2, 0) is 0 Å². The van der Waals surface area contributed by atoms with Gasteiger partial charge in [0.25, 0.3) is 5.91 Å². The minimum absolute atomic E-state index is 0.0701. The van der Waals surface area contributed by atoms with E-state index < -0.39 is 0 Å². The van der Waals surface area contributed by atoms with Crippen molar-refractivity contribution in [3.05, 3.63) is 18.1 Å². The summed E-state index contributed by atoms with van der Waals surface area (Å²) in [4.78, 5) is 22.5. The first-order valence-electron chi connectivity index (χ1n) is 6.24. The predicted octanol–water partition coefficient (Wildman–Crippen LogP) is 1.17. The summed E-state index contributed by atoms with van der Waals surface area (Å²) in [6, 6.07) is 0.495. The zero-order valence-electron chi connectivity index (χ0n) is 10.8. The van der Waals surface area contributed by atoms with E-state index in [1.54, 1.807) is 0 Å². The Kier molecular flexibility index (Phi) is 3.76. The van der Waals surface area contributed by atoms with Gasteiger partial charge in [0.15, 0.2) is 5.82 Å². The van der Waals surface area contributed by atoms with Crippen LogP contribution < -0.4 is 11.3 Å². The van der Waals surface area contributed by atoms with E-state index >= 15 is 0 Å². The molecule has 2 atom stereocenters. The third-order valence-corrected chi connectivity index (χ3v) is 3.43. The third kappa shape index (κ3) is 2.43. The molecular weight excluding hydrogens is 230 g/mol. The summed E-state index contributed by atoms with van der Waals surface area (Å²) >= 11 is 0. The van der Waals surface area contributed by atoms with Crippen molar-refractivity contribution in [2.75, 3.05) is 5.43 Å². The number of carbonyl (C=O) groups excluding carboxylic acids is 1. The number of aromatic nitrogens is 2. The topological polar surface area (TPSA) is 84.1 Å². The minimum Gasteiger partial charge on any atom is -0.332 e. The first-order valence-corrected chi connectivity index (χ1v) is 6.24. The van der Waals surface area contributed by atoms with Gasteiger partial charge in [-0.25, -0.2) is 10.8 Å². The van der Waals surface area contributed by atoms with Crippen LogP contribution in [-0.4, -0.2) is 32.9 Å². The fourth-order valence-electron chi connectivity index (χ4n) is 2.49. The second-order valence-corrected chi connectivity index (χ2v) is 4.78. The van der Waals surface area contributed by atoms with Crippen molar-refractivity contribution in [3.63, 3.8) is 0 Å². The smallest absolute Gasteiger partial charge is 0.274 e. The van der Waals surface area contributed by atoms with Crippen molar-refractivity contribution in [2.45, 2.75) is 45.2 Å². The molecular formula is C12H19N5O. The van der Waals surface area contributed by atoms with Crippen molar-refractivity contribution in [3.8, 4) is 0 Å². The van der Waals surface area contributed by atoms with Crippen molar-refractivity contribution in [1.82, 2.24) is 14.9 Å². The van der Waals surface area contributed by atoms with Crippen molar-refractivity contribution in [2.24, 2.45) is 5.84 Å². The van der Waals surface area contributed by atoms with E-state index in [-0.39, 0.29) is 18.0 Å². The van der Waals surface area contributed by atoms with Crippen molar-refractivity contribution >= 4 is 11.7 Å². The molecule has 3 N–H and O–H groups in total. The molecule has 1 aromatic rings. The quantitative estimate of drug-likeness (QED) is 0.607. The van der Waals surface area contributed by atoms with Gasteiger partial charge in [-0.3, -0.25) is 9.78 Å². The van der Waals surface area contributed by atoms with Crippen LogP contribution in [0.25, 0.3) is 0 Å². The zero-order chi connectivity index (χ0) is 13.1. The summed E-state index contributed by atoms with van der Waals surface area (Å²) in [6.07, 6.45) is 6.22. The van der Waals surface area contributed by atoms with Gasteiger partial charge < -0.3 is 10.3 Å². The molecule has 0 unspecified atom stereocenters. The lowest BCUT2D eigenvalue weighted by atomic mass is 9.97. The first-order chi connectivity index (χ1) is 8.63. The van der Waals surface area contributed by atoms with Crippen LogP contribution in [0.15, 0.2) is 12.4 Å². The number of nitrogens with zero attached hydrogens (tertiary/aromatic N) is 3. The predicted molar refractivity (Wildman–Crippen MR) is 68.8 cm³/mol. The van der Waals surface area contributed by atoms with Crippen LogP contribution in [0.2, 0.25) is 0 Å². The average Bonchev–Trinajstić information content (AvgIpc) is 2.38. The Hall–Kier alpha value is -1.69. The number of hydrogen-bond donors (Lipinski definition) is 2. The largest absolute Gasteiger partial charge is 0.332 e. The Labute approximate surface area is 107 Å². The van der Waals surface area contributed by atoms with Crippen LogP contribution in [0.1, 0.15) is 43.6 Å². The fourth-order valence-corrected chi connectivity index (χ4v) is 2.49. The van der Waals surface area contributed by atoms with E-state index in [9.17, 15) is 4.79 Å². The van der Waals surface area contributed by atoms with Crippen molar-refractivity contribution in [1.29, 1.82) is 0 Å². The maximum atomic E-state index is 12.4. The van der Waals surface area contributed by atoms with E-state index in [4.69, 9.17) is 5.84 Å².